The Balaban J connectivity index is 2.30. The van der Waals surface area contributed by atoms with E-state index in [0.717, 1.165) is 42.6 Å². The number of ether oxygens (including phenoxy) is 1. The van der Waals surface area contributed by atoms with Crippen LogP contribution in [-0.2, 0) is 17.6 Å². The average molecular weight is 262 g/mol. The Labute approximate surface area is 112 Å². The Kier molecular flexibility index (Phi) is 4.20. The van der Waals surface area contributed by atoms with Crippen molar-refractivity contribution in [1.29, 1.82) is 0 Å². The van der Waals surface area contributed by atoms with Crippen molar-refractivity contribution in [3.05, 3.63) is 28.8 Å². The van der Waals surface area contributed by atoms with Gasteiger partial charge in [0.1, 0.15) is 5.75 Å². The molecule has 4 nitrogen and oxygen atoms in total. The van der Waals surface area contributed by atoms with E-state index in [1.54, 1.807) is 13.2 Å². The molecule has 0 atom stereocenters. The van der Waals surface area contributed by atoms with Gasteiger partial charge in [-0.3, -0.25) is 9.59 Å². The van der Waals surface area contributed by atoms with E-state index in [9.17, 15) is 9.59 Å². The molecule has 4 heteroatoms. The minimum atomic E-state index is -0.935. The van der Waals surface area contributed by atoms with Crippen molar-refractivity contribution in [2.45, 2.75) is 38.5 Å². The van der Waals surface area contributed by atoms with E-state index in [4.69, 9.17) is 9.84 Å². The number of rotatable bonds is 5. The lowest BCUT2D eigenvalue weighted by atomic mass is 9.85. The van der Waals surface area contributed by atoms with Crippen molar-refractivity contribution < 1.29 is 19.4 Å². The first kappa shape index (κ1) is 13.6. The van der Waals surface area contributed by atoms with Gasteiger partial charge in [-0.1, -0.05) is 0 Å². The lowest BCUT2D eigenvalue weighted by Crippen LogP contribution is -2.13. The van der Waals surface area contributed by atoms with Gasteiger partial charge < -0.3 is 9.84 Å². The van der Waals surface area contributed by atoms with Crippen LogP contribution in [0.4, 0.5) is 0 Å². The van der Waals surface area contributed by atoms with Crippen molar-refractivity contribution in [2.24, 2.45) is 0 Å². The molecular formula is C15H18O4. The summed E-state index contributed by atoms with van der Waals surface area (Å²) in [7, 11) is 1.64. The smallest absolute Gasteiger partial charge is 0.303 e. The average Bonchev–Trinajstić information content (AvgIpc) is 2.43. The van der Waals surface area contributed by atoms with Crippen molar-refractivity contribution in [2.75, 3.05) is 7.11 Å². The highest BCUT2D eigenvalue weighted by Gasteiger charge is 2.21. The number of hydrogen-bond donors (Lipinski definition) is 1. The third-order valence-electron chi connectivity index (χ3n) is 3.58. The number of benzene rings is 1. The number of carboxylic acid groups (broad SMARTS) is 1. The maximum Gasteiger partial charge on any atom is 0.303 e. The Bertz CT molecular complexity index is 505. The monoisotopic (exact) mass is 262 g/mol. The summed E-state index contributed by atoms with van der Waals surface area (Å²) in [6, 6.07) is 3.59. The van der Waals surface area contributed by atoms with Crippen LogP contribution < -0.4 is 4.74 Å². The molecule has 0 amide bonds. The van der Waals surface area contributed by atoms with Crippen LogP contribution in [0.5, 0.6) is 5.75 Å². The van der Waals surface area contributed by atoms with E-state index in [1.165, 1.54) is 0 Å². The van der Waals surface area contributed by atoms with Crippen LogP contribution in [0.25, 0.3) is 0 Å². The highest BCUT2D eigenvalue weighted by Crippen LogP contribution is 2.32. The van der Waals surface area contributed by atoms with Crippen LogP contribution in [-0.4, -0.2) is 24.0 Å². The molecule has 102 valence electrons. The summed E-state index contributed by atoms with van der Waals surface area (Å²) < 4.78 is 5.34. The quantitative estimate of drug-likeness (QED) is 0.828. The Morgan fingerprint density at radius 2 is 1.84 bits per heavy atom. The molecule has 0 saturated carbocycles. The summed E-state index contributed by atoms with van der Waals surface area (Å²) in [6.07, 6.45) is 3.93. The van der Waals surface area contributed by atoms with Gasteiger partial charge in [0.05, 0.1) is 13.5 Å². The Morgan fingerprint density at radius 3 is 2.47 bits per heavy atom. The van der Waals surface area contributed by atoms with Gasteiger partial charge >= 0.3 is 5.97 Å². The van der Waals surface area contributed by atoms with Gasteiger partial charge in [0.2, 0.25) is 0 Å². The van der Waals surface area contributed by atoms with Crippen LogP contribution in [0, 0.1) is 0 Å². The molecule has 0 spiro atoms. The molecule has 0 aliphatic heterocycles. The molecule has 0 fully saturated rings. The molecule has 1 N–H and O–H groups in total. The normalized spacial score (nSPS) is 13.7. The van der Waals surface area contributed by atoms with Crippen LogP contribution in [0.3, 0.4) is 0 Å². The summed E-state index contributed by atoms with van der Waals surface area (Å²) in [5.74, 6) is -0.177. The third-order valence-corrected chi connectivity index (χ3v) is 3.58. The standard InChI is InChI=1S/C15H18O4/c1-19-14-8-6-11(13(16)7-9-15(17)18)10-4-2-3-5-12(10)14/h6,8H,2-5,7,9H2,1H3,(H,17,18). The molecule has 0 saturated heterocycles. The number of methoxy groups -OCH3 is 1. The second-order valence-electron chi connectivity index (χ2n) is 4.80. The Morgan fingerprint density at radius 1 is 1.16 bits per heavy atom. The summed E-state index contributed by atoms with van der Waals surface area (Å²) in [4.78, 5) is 22.7. The molecule has 0 aromatic heterocycles. The van der Waals surface area contributed by atoms with Crippen molar-refractivity contribution in [1.82, 2.24) is 0 Å². The molecule has 1 aliphatic carbocycles. The predicted molar refractivity (Wildman–Crippen MR) is 70.8 cm³/mol. The molecule has 1 aromatic rings. The van der Waals surface area contributed by atoms with E-state index in [-0.39, 0.29) is 18.6 Å². The van der Waals surface area contributed by atoms with Crippen molar-refractivity contribution in [3.63, 3.8) is 0 Å². The number of aliphatic carboxylic acids is 1. The molecule has 2 rings (SSSR count). The van der Waals surface area contributed by atoms with Gasteiger partial charge in [-0.25, -0.2) is 0 Å². The minimum Gasteiger partial charge on any atom is -0.496 e. The Hall–Kier alpha value is -1.84. The van der Waals surface area contributed by atoms with Gasteiger partial charge in [0, 0.05) is 12.0 Å². The summed E-state index contributed by atoms with van der Waals surface area (Å²) >= 11 is 0. The first-order chi connectivity index (χ1) is 9.13. The van der Waals surface area contributed by atoms with Gasteiger partial charge in [-0.05, 0) is 48.9 Å². The van der Waals surface area contributed by atoms with E-state index < -0.39 is 5.97 Å². The lowest BCUT2D eigenvalue weighted by Gasteiger charge is -2.21. The van der Waals surface area contributed by atoms with Crippen LogP contribution in [0.1, 0.15) is 47.2 Å². The fourth-order valence-electron chi connectivity index (χ4n) is 2.64. The van der Waals surface area contributed by atoms with E-state index >= 15 is 0 Å². The van der Waals surface area contributed by atoms with Gasteiger partial charge in [-0.15, -0.1) is 0 Å². The number of carboxylic acids is 1. The molecule has 0 bridgehead atoms. The maximum atomic E-state index is 12.1. The highest BCUT2D eigenvalue weighted by molar-refractivity contribution is 5.99. The molecule has 0 radical (unpaired) electrons. The summed E-state index contributed by atoms with van der Waals surface area (Å²) in [5, 5.41) is 8.66. The fourth-order valence-corrected chi connectivity index (χ4v) is 2.64. The predicted octanol–water partition coefficient (Wildman–Crippen LogP) is 2.62. The number of carbonyl (C=O) groups is 2. The van der Waals surface area contributed by atoms with Gasteiger partial charge in [0.15, 0.2) is 5.78 Å². The molecule has 0 heterocycles. The molecular weight excluding hydrogens is 244 g/mol. The zero-order chi connectivity index (χ0) is 13.8. The first-order valence-electron chi connectivity index (χ1n) is 6.57. The van der Waals surface area contributed by atoms with Crippen molar-refractivity contribution in [3.8, 4) is 5.75 Å². The SMILES string of the molecule is COc1ccc(C(=O)CCC(=O)O)c2c1CCCC2. The topological polar surface area (TPSA) is 63.6 Å². The zero-order valence-electron chi connectivity index (χ0n) is 11.1. The van der Waals surface area contributed by atoms with Crippen LogP contribution in [0.2, 0.25) is 0 Å². The van der Waals surface area contributed by atoms with Crippen LogP contribution in [0.15, 0.2) is 12.1 Å². The number of ketones is 1. The third kappa shape index (κ3) is 2.95. The second kappa shape index (κ2) is 5.87. The molecule has 0 unspecified atom stereocenters. The van der Waals surface area contributed by atoms with Crippen molar-refractivity contribution >= 4 is 11.8 Å². The summed E-state index contributed by atoms with van der Waals surface area (Å²) in [5.41, 5.74) is 2.85. The molecule has 19 heavy (non-hydrogen) atoms. The molecule has 1 aromatic carbocycles. The van der Waals surface area contributed by atoms with Gasteiger partial charge in [0.25, 0.3) is 0 Å². The largest absolute Gasteiger partial charge is 0.496 e. The maximum absolute atomic E-state index is 12.1. The van der Waals surface area contributed by atoms with E-state index in [2.05, 4.69) is 0 Å². The van der Waals surface area contributed by atoms with E-state index in [0.29, 0.717) is 5.56 Å². The van der Waals surface area contributed by atoms with Gasteiger partial charge in [-0.2, -0.15) is 0 Å². The van der Waals surface area contributed by atoms with Crippen LogP contribution >= 0.6 is 0 Å². The second-order valence-corrected chi connectivity index (χ2v) is 4.80. The number of carbonyl (C=O) groups excluding carboxylic acids is 1. The minimum absolute atomic E-state index is 0.0636. The number of Topliss-reactive ketones (excluding diaryl/α,β-unsaturated/α-hetero) is 1. The number of fused-ring (bicyclic) bond motifs is 1. The summed E-state index contributed by atoms with van der Waals surface area (Å²) in [6.45, 7) is 0. The fraction of sp³-hybridized carbons (Fsp3) is 0.467. The molecule has 1 aliphatic rings. The first-order valence-corrected chi connectivity index (χ1v) is 6.57. The zero-order valence-corrected chi connectivity index (χ0v) is 11.1. The highest BCUT2D eigenvalue weighted by atomic mass is 16.5. The van der Waals surface area contributed by atoms with E-state index in [1.807, 2.05) is 6.07 Å². The number of hydrogen-bond acceptors (Lipinski definition) is 3. The lowest BCUT2D eigenvalue weighted by molar-refractivity contribution is -0.136.